The van der Waals surface area contributed by atoms with Crippen molar-refractivity contribution in [1.82, 2.24) is 9.55 Å². The highest BCUT2D eigenvalue weighted by Gasteiger charge is 2.17. The SMILES string of the molecule is O=C(Nc1ncc([N+](=O)[O-])s1)c1cccn(Cc2ccccc2Cl)c1=O. The number of amides is 1. The molecule has 26 heavy (non-hydrogen) atoms. The maximum Gasteiger partial charge on any atom is 0.345 e. The third-order valence-electron chi connectivity index (χ3n) is 3.46. The number of anilines is 1. The number of nitrogens with zero attached hydrogens (tertiary/aromatic N) is 3. The zero-order chi connectivity index (χ0) is 18.7. The molecule has 0 spiro atoms. The van der Waals surface area contributed by atoms with E-state index in [-0.39, 0.29) is 22.2 Å². The van der Waals surface area contributed by atoms with Crippen LogP contribution in [0.5, 0.6) is 0 Å². The van der Waals surface area contributed by atoms with Crippen LogP contribution in [-0.4, -0.2) is 20.4 Å². The Labute approximate surface area is 155 Å². The van der Waals surface area contributed by atoms with E-state index in [0.29, 0.717) is 16.4 Å². The predicted molar refractivity (Wildman–Crippen MR) is 98.0 cm³/mol. The summed E-state index contributed by atoms with van der Waals surface area (Å²) in [5, 5.41) is 13.4. The van der Waals surface area contributed by atoms with Crippen molar-refractivity contribution < 1.29 is 9.72 Å². The largest absolute Gasteiger partial charge is 0.345 e. The number of thiazole rings is 1. The summed E-state index contributed by atoms with van der Waals surface area (Å²) in [5.74, 6) is -0.687. The van der Waals surface area contributed by atoms with E-state index in [1.165, 1.54) is 10.6 Å². The van der Waals surface area contributed by atoms with Crippen LogP contribution in [-0.2, 0) is 6.54 Å². The second-order valence-corrected chi connectivity index (χ2v) is 6.58. The molecule has 0 saturated heterocycles. The molecule has 0 fully saturated rings. The van der Waals surface area contributed by atoms with Gasteiger partial charge in [-0.2, -0.15) is 0 Å². The first-order valence-electron chi connectivity index (χ1n) is 7.30. The fourth-order valence-corrected chi connectivity index (χ4v) is 3.04. The van der Waals surface area contributed by atoms with Crippen LogP contribution in [0.15, 0.2) is 53.6 Å². The number of carbonyl (C=O) groups excluding carboxylic acids is 1. The minimum Gasteiger partial charge on any atom is -0.310 e. The lowest BCUT2D eigenvalue weighted by atomic mass is 10.2. The minimum atomic E-state index is -0.687. The van der Waals surface area contributed by atoms with Gasteiger partial charge in [0.25, 0.3) is 11.5 Å². The van der Waals surface area contributed by atoms with E-state index in [9.17, 15) is 19.7 Å². The average Bonchev–Trinajstić information content (AvgIpc) is 3.07. The highest BCUT2D eigenvalue weighted by Crippen LogP contribution is 2.25. The van der Waals surface area contributed by atoms with E-state index in [1.807, 2.05) is 0 Å². The summed E-state index contributed by atoms with van der Waals surface area (Å²) in [6.45, 7) is 0.211. The molecule has 3 rings (SSSR count). The van der Waals surface area contributed by atoms with Crippen molar-refractivity contribution in [2.75, 3.05) is 5.32 Å². The summed E-state index contributed by atoms with van der Waals surface area (Å²) in [6.07, 6.45) is 2.59. The molecule has 0 unspecified atom stereocenters. The molecule has 0 bridgehead atoms. The topological polar surface area (TPSA) is 107 Å². The predicted octanol–water partition coefficient (Wildman–Crippen LogP) is 3.17. The molecule has 0 aliphatic heterocycles. The standard InChI is InChI=1S/C16H11ClN4O4S/c17-12-6-2-1-4-10(12)9-20-7-3-5-11(15(20)23)14(22)19-16-18-8-13(26-16)21(24)25/h1-8H,9H2,(H,18,19,22). The second kappa shape index (κ2) is 7.46. The molecule has 3 aromatic rings. The van der Waals surface area contributed by atoms with Gasteiger partial charge in [-0.05, 0) is 35.1 Å². The van der Waals surface area contributed by atoms with Crippen LogP contribution in [0, 0.1) is 10.1 Å². The van der Waals surface area contributed by atoms with Gasteiger partial charge in [-0.15, -0.1) is 0 Å². The Hall–Kier alpha value is -3.04. The Morgan fingerprint density at radius 3 is 2.77 bits per heavy atom. The van der Waals surface area contributed by atoms with E-state index in [4.69, 9.17) is 11.6 Å². The van der Waals surface area contributed by atoms with Crippen LogP contribution in [0.2, 0.25) is 5.02 Å². The summed E-state index contributed by atoms with van der Waals surface area (Å²) < 4.78 is 1.36. The first-order chi connectivity index (χ1) is 12.5. The molecule has 2 heterocycles. The van der Waals surface area contributed by atoms with Gasteiger partial charge in [-0.25, -0.2) is 4.98 Å². The van der Waals surface area contributed by atoms with E-state index in [0.717, 1.165) is 11.8 Å². The highest BCUT2D eigenvalue weighted by molar-refractivity contribution is 7.18. The van der Waals surface area contributed by atoms with Crippen molar-refractivity contribution in [1.29, 1.82) is 0 Å². The van der Waals surface area contributed by atoms with Crippen LogP contribution >= 0.6 is 22.9 Å². The third-order valence-corrected chi connectivity index (χ3v) is 4.69. The third kappa shape index (κ3) is 3.79. The molecular formula is C16H11ClN4O4S. The van der Waals surface area contributed by atoms with Gasteiger partial charge < -0.3 is 4.57 Å². The van der Waals surface area contributed by atoms with Crippen molar-refractivity contribution >= 4 is 39.0 Å². The van der Waals surface area contributed by atoms with Gasteiger partial charge in [0.2, 0.25) is 0 Å². The number of rotatable bonds is 5. The van der Waals surface area contributed by atoms with Crippen molar-refractivity contribution in [2.45, 2.75) is 6.54 Å². The van der Waals surface area contributed by atoms with Gasteiger partial charge in [0.1, 0.15) is 11.8 Å². The molecule has 2 aromatic heterocycles. The molecule has 1 amide bonds. The number of aromatic nitrogens is 2. The van der Waals surface area contributed by atoms with Crippen molar-refractivity contribution in [2.24, 2.45) is 0 Å². The molecule has 10 heteroatoms. The fraction of sp³-hybridized carbons (Fsp3) is 0.0625. The normalized spacial score (nSPS) is 10.5. The highest BCUT2D eigenvalue weighted by atomic mass is 35.5. The molecule has 0 radical (unpaired) electrons. The molecule has 8 nitrogen and oxygen atoms in total. The minimum absolute atomic E-state index is 0.0441. The summed E-state index contributed by atoms with van der Waals surface area (Å²) >= 11 is 6.82. The number of hydrogen-bond acceptors (Lipinski definition) is 6. The first kappa shape index (κ1) is 17.8. The zero-order valence-corrected chi connectivity index (χ0v) is 14.7. The fourth-order valence-electron chi connectivity index (χ4n) is 2.22. The lowest BCUT2D eigenvalue weighted by molar-refractivity contribution is -0.380. The van der Waals surface area contributed by atoms with Gasteiger partial charge in [0.05, 0.1) is 11.5 Å². The van der Waals surface area contributed by atoms with Crippen LogP contribution in [0.1, 0.15) is 15.9 Å². The lowest BCUT2D eigenvalue weighted by Gasteiger charge is -2.09. The van der Waals surface area contributed by atoms with Gasteiger partial charge >= 0.3 is 5.00 Å². The summed E-state index contributed by atoms with van der Waals surface area (Å²) in [6, 6.07) is 10.0. The number of carbonyl (C=O) groups is 1. The van der Waals surface area contributed by atoms with E-state index < -0.39 is 16.4 Å². The van der Waals surface area contributed by atoms with Gasteiger partial charge in [0, 0.05) is 11.2 Å². The Bertz CT molecular complexity index is 1050. The maximum absolute atomic E-state index is 12.6. The van der Waals surface area contributed by atoms with E-state index >= 15 is 0 Å². The summed E-state index contributed by atoms with van der Waals surface area (Å²) in [7, 11) is 0. The molecule has 0 saturated carbocycles. The maximum atomic E-state index is 12.6. The lowest BCUT2D eigenvalue weighted by Crippen LogP contribution is -2.29. The number of pyridine rings is 1. The van der Waals surface area contributed by atoms with E-state index in [1.54, 1.807) is 36.5 Å². The smallest absolute Gasteiger partial charge is 0.310 e. The molecule has 0 atom stereocenters. The number of halogens is 1. The molecule has 0 aliphatic carbocycles. The monoisotopic (exact) mass is 390 g/mol. The van der Waals surface area contributed by atoms with E-state index in [2.05, 4.69) is 10.3 Å². The Balaban J connectivity index is 1.84. The number of nitrogens with one attached hydrogen (secondary N) is 1. The molecule has 0 aliphatic rings. The van der Waals surface area contributed by atoms with Crippen LogP contribution in [0.4, 0.5) is 10.1 Å². The number of benzene rings is 1. The molecule has 1 N–H and O–H groups in total. The first-order valence-corrected chi connectivity index (χ1v) is 8.49. The van der Waals surface area contributed by atoms with Crippen molar-refractivity contribution in [3.05, 3.63) is 85.4 Å². The quantitative estimate of drug-likeness (QED) is 0.531. The Morgan fingerprint density at radius 1 is 1.31 bits per heavy atom. The van der Waals surface area contributed by atoms with Crippen molar-refractivity contribution in [3.63, 3.8) is 0 Å². The number of hydrogen-bond donors (Lipinski definition) is 1. The van der Waals surface area contributed by atoms with Crippen LogP contribution in [0.3, 0.4) is 0 Å². The van der Waals surface area contributed by atoms with Crippen molar-refractivity contribution in [3.8, 4) is 0 Å². The molecule has 1 aromatic carbocycles. The Morgan fingerprint density at radius 2 is 2.08 bits per heavy atom. The second-order valence-electron chi connectivity index (χ2n) is 5.16. The van der Waals surface area contributed by atoms with Gasteiger partial charge in [0.15, 0.2) is 5.13 Å². The van der Waals surface area contributed by atoms with Gasteiger partial charge in [-0.1, -0.05) is 29.8 Å². The van der Waals surface area contributed by atoms with Crippen LogP contribution < -0.4 is 10.9 Å². The molecule has 132 valence electrons. The van der Waals surface area contributed by atoms with Crippen LogP contribution in [0.25, 0.3) is 0 Å². The zero-order valence-electron chi connectivity index (χ0n) is 13.1. The Kier molecular flexibility index (Phi) is 5.10. The average molecular weight is 391 g/mol. The molecular weight excluding hydrogens is 380 g/mol. The summed E-state index contributed by atoms with van der Waals surface area (Å²) in [4.78, 5) is 38.7. The number of nitro groups is 1. The summed E-state index contributed by atoms with van der Waals surface area (Å²) in [5.41, 5.74) is 0.137. The van der Waals surface area contributed by atoms with Gasteiger partial charge in [-0.3, -0.25) is 25.0 Å².